The predicted molar refractivity (Wildman–Crippen MR) is 74.5 cm³/mol. The van der Waals surface area contributed by atoms with E-state index in [4.69, 9.17) is 9.47 Å². The van der Waals surface area contributed by atoms with E-state index in [0.29, 0.717) is 19.8 Å². The summed E-state index contributed by atoms with van der Waals surface area (Å²) in [5.74, 6) is 0.340. The van der Waals surface area contributed by atoms with Gasteiger partial charge in [0.15, 0.2) is 0 Å². The highest BCUT2D eigenvalue weighted by molar-refractivity contribution is 5.80. The molecule has 0 aromatic heterocycles. The van der Waals surface area contributed by atoms with Crippen molar-refractivity contribution in [1.82, 2.24) is 10.6 Å². The zero-order chi connectivity index (χ0) is 14.8. The lowest BCUT2D eigenvalue weighted by Crippen LogP contribution is -2.38. The normalized spacial score (nSPS) is 9.70. The van der Waals surface area contributed by atoms with Crippen LogP contribution in [0.25, 0.3) is 0 Å². The molecule has 0 spiro atoms. The van der Waals surface area contributed by atoms with Crippen LogP contribution in [0.2, 0.25) is 0 Å². The first-order chi connectivity index (χ1) is 9.65. The minimum atomic E-state index is -0.455. The zero-order valence-electron chi connectivity index (χ0n) is 11.8. The van der Waals surface area contributed by atoms with Crippen molar-refractivity contribution in [3.63, 3.8) is 0 Å². The van der Waals surface area contributed by atoms with Crippen molar-refractivity contribution in [2.24, 2.45) is 0 Å². The molecule has 20 heavy (non-hydrogen) atoms. The number of amides is 2. The van der Waals surface area contributed by atoms with Crippen LogP contribution in [0.3, 0.4) is 0 Å². The van der Waals surface area contributed by atoms with Gasteiger partial charge in [0.2, 0.25) is 0 Å². The van der Waals surface area contributed by atoms with Crippen LogP contribution in [0.4, 0.5) is 4.79 Å². The van der Waals surface area contributed by atoms with Crippen LogP contribution in [0.5, 0.6) is 5.75 Å². The highest BCUT2D eigenvalue weighted by Gasteiger charge is 2.05. The Balaban J connectivity index is 2.28. The lowest BCUT2D eigenvalue weighted by Gasteiger charge is -2.08. The Morgan fingerprint density at radius 2 is 1.75 bits per heavy atom. The van der Waals surface area contributed by atoms with Gasteiger partial charge in [0.25, 0.3) is 0 Å². The van der Waals surface area contributed by atoms with Gasteiger partial charge in [-0.2, -0.15) is 0 Å². The Morgan fingerprint density at radius 3 is 2.35 bits per heavy atom. The monoisotopic (exact) mass is 280 g/mol. The summed E-state index contributed by atoms with van der Waals surface area (Å²) in [7, 11) is 0. The van der Waals surface area contributed by atoms with Crippen LogP contribution in [0, 0.1) is 0 Å². The molecule has 0 aliphatic carbocycles. The van der Waals surface area contributed by atoms with Crippen LogP contribution in [0.15, 0.2) is 24.3 Å². The Hall–Kier alpha value is -2.24. The van der Waals surface area contributed by atoms with Gasteiger partial charge in [0.1, 0.15) is 12.3 Å². The first-order valence-corrected chi connectivity index (χ1v) is 6.54. The first-order valence-electron chi connectivity index (χ1n) is 6.54. The molecule has 0 radical (unpaired) electrons. The summed E-state index contributed by atoms with van der Waals surface area (Å²) in [6, 6.07) is 7.02. The molecule has 0 unspecified atom stereocenters. The molecule has 1 aromatic rings. The second-order valence-electron chi connectivity index (χ2n) is 3.92. The lowest BCUT2D eigenvalue weighted by molar-refractivity contribution is -0.141. The van der Waals surface area contributed by atoms with Crippen LogP contribution in [-0.2, 0) is 16.1 Å². The van der Waals surface area contributed by atoms with E-state index in [0.717, 1.165) is 11.3 Å². The molecule has 1 rings (SSSR count). The molecule has 0 fully saturated rings. The Kier molecular flexibility index (Phi) is 6.95. The molecule has 6 heteroatoms. The van der Waals surface area contributed by atoms with Gasteiger partial charge in [-0.25, -0.2) is 4.79 Å². The molecule has 0 aliphatic heterocycles. The van der Waals surface area contributed by atoms with Gasteiger partial charge in [0.05, 0.1) is 13.2 Å². The van der Waals surface area contributed by atoms with E-state index in [2.05, 4.69) is 10.6 Å². The van der Waals surface area contributed by atoms with Crippen LogP contribution in [-0.4, -0.2) is 31.8 Å². The van der Waals surface area contributed by atoms with E-state index >= 15 is 0 Å². The molecule has 2 N–H and O–H groups in total. The third-order valence-corrected chi connectivity index (χ3v) is 2.39. The molecule has 0 bridgehead atoms. The van der Waals surface area contributed by atoms with E-state index < -0.39 is 12.0 Å². The molecule has 6 nitrogen and oxygen atoms in total. The number of nitrogens with one attached hydrogen (secondary N) is 2. The largest absolute Gasteiger partial charge is 0.494 e. The van der Waals surface area contributed by atoms with Crippen molar-refractivity contribution in [1.29, 1.82) is 0 Å². The quantitative estimate of drug-likeness (QED) is 0.741. The average molecular weight is 280 g/mol. The fourth-order valence-electron chi connectivity index (χ4n) is 1.48. The smallest absolute Gasteiger partial charge is 0.325 e. The summed E-state index contributed by atoms with van der Waals surface area (Å²) in [6.07, 6.45) is 0. The summed E-state index contributed by atoms with van der Waals surface area (Å²) in [5, 5.41) is 5.07. The van der Waals surface area contributed by atoms with Crippen molar-refractivity contribution in [2.75, 3.05) is 19.8 Å². The molecule has 0 atom stereocenters. The van der Waals surface area contributed by atoms with Crippen molar-refractivity contribution in [2.45, 2.75) is 20.4 Å². The number of hydrogen-bond acceptors (Lipinski definition) is 4. The number of rotatable bonds is 7. The topological polar surface area (TPSA) is 76.7 Å². The third-order valence-electron chi connectivity index (χ3n) is 2.39. The van der Waals surface area contributed by atoms with Gasteiger partial charge in [-0.05, 0) is 31.5 Å². The summed E-state index contributed by atoms with van der Waals surface area (Å²) < 4.78 is 10.0. The Morgan fingerprint density at radius 1 is 1.05 bits per heavy atom. The van der Waals surface area contributed by atoms with Crippen molar-refractivity contribution >= 4 is 12.0 Å². The van der Waals surface area contributed by atoms with Crippen LogP contribution < -0.4 is 15.4 Å². The standard InChI is InChI=1S/C14H20N2O4/c1-3-19-12-7-5-11(6-8-12)9-15-14(18)16-10-13(17)20-4-2/h5-8H,3-4,9-10H2,1-2H3,(H2,15,16,18). The minimum Gasteiger partial charge on any atom is -0.494 e. The van der Waals surface area contributed by atoms with Gasteiger partial charge in [0, 0.05) is 6.54 Å². The van der Waals surface area contributed by atoms with Gasteiger partial charge >= 0.3 is 12.0 Å². The van der Waals surface area contributed by atoms with E-state index in [1.165, 1.54) is 0 Å². The van der Waals surface area contributed by atoms with E-state index in [1.54, 1.807) is 6.92 Å². The number of ether oxygens (including phenoxy) is 2. The highest BCUT2D eigenvalue weighted by Crippen LogP contribution is 2.11. The number of benzene rings is 1. The minimum absolute atomic E-state index is 0.136. The summed E-state index contributed by atoms with van der Waals surface area (Å²) in [4.78, 5) is 22.5. The summed E-state index contributed by atoms with van der Waals surface area (Å²) in [5.41, 5.74) is 0.944. The second-order valence-corrected chi connectivity index (χ2v) is 3.92. The maximum Gasteiger partial charge on any atom is 0.325 e. The molecule has 0 saturated heterocycles. The first kappa shape index (κ1) is 15.8. The lowest BCUT2D eigenvalue weighted by atomic mass is 10.2. The SMILES string of the molecule is CCOC(=O)CNC(=O)NCc1ccc(OCC)cc1. The third kappa shape index (κ3) is 6.08. The molecular formula is C14H20N2O4. The summed E-state index contributed by atoms with van der Waals surface area (Å²) in [6.45, 7) is 4.79. The fourth-order valence-corrected chi connectivity index (χ4v) is 1.48. The Labute approximate surface area is 118 Å². The molecule has 110 valence electrons. The van der Waals surface area contributed by atoms with Gasteiger partial charge in [-0.1, -0.05) is 12.1 Å². The molecular weight excluding hydrogens is 260 g/mol. The number of carbonyl (C=O) groups excluding carboxylic acids is 2. The fraction of sp³-hybridized carbons (Fsp3) is 0.429. The second kappa shape index (κ2) is 8.79. The molecule has 0 saturated carbocycles. The van der Waals surface area contributed by atoms with Crippen LogP contribution >= 0.6 is 0 Å². The van der Waals surface area contributed by atoms with E-state index in [9.17, 15) is 9.59 Å². The predicted octanol–water partition coefficient (Wildman–Crippen LogP) is 1.45. The van der Waals surface area contributed by atoms with E-state index in [-0.39, 0.29) is 6.54 Å². The molecule has 0 aliphatic rings. The molecule has 0 heterocycles. The van der Waals surface area contributed by atoms with Crippen LogP contribution in [0.1, 0.15) is 19.4 Å². The number of carbonyl (C=O) groups is 2. The number of hydrogen-bond donors (Lipinski definition) is 2. The van der Waals surface area contributed by atoms with Gasteiger partial charge in [-0.3, -0.25) is 4.79 Å². The van der Waals surface area contributed by atoms with Gasteiger partial charge < -0.3 is 20.1 Å². The van der Waals surface area contributed by atoms with Crippen molar-refractivity contribution < 1.29 is 19.1 Å². The van der Waals surface area contributed by atoms with Crippen molar-refractivity contribution in [3.05, 3.63) is 29.8 Å². The maximum atomic E-state index is 11.4. The maximum absolute atomic E-state index is 11.4. The summed E-state index contributed by atoms with van der Waals surface area (Å²) >= 11 is 0. The zero-order valence-corrected chi connectivity index (χ0v) is 11.8. The molecule has 1 aromatic carbocycles. The van der Waals surface area contributed by atoms with Crippen molar-refractivity contribution in [3.8, 4) is 5.75 Å². The number of urea groups is 1. The highest BCUT2D eigenvalue weighted by atomic mass is 16.5. The van der Waals surface area contributed by atoms with Gasteiger partial charge in [-0.15, -0.1) is 0 Å². The Bertz CT molecular complexity index is 431. The number of esters is 1. The average Bonchev–Trinajstić information content (AvgIpc) is 2.45. The van der Waals surface area contributed by atoms with E-state index in [1.807, 2.05) is 31.2 Å². The molecule has 2 amide bonds.